The standard InChI is InChI=1S/C20H24BrN/c21-19-13-11-18(12-14-19)16-22(20-9-5-2-6-10-20)15-17-7-3-1-4-8-17/h1,3-4,7-8,11-14,20H,2,5-6,9-10,15-16H2. The van der Waals surface area contributed by atoms with Gasteiger partial charge in [0.25, 0.3) is 0 Å². The summed E-state index contributed by atoms with van der Waals surface area (Å²) in [5.74, 6) is 0. The molecule has 0 heterocycles. The highest BCUT2D eigenvalue weighted by molar-refractivity contribution is 9.10. The molecule has 0 aliphatic heterocycles. The summed E-state index contributed by atoms with van der Waals surface area (Å²) in [6.07, 6.45) is 6.88. The molecule has 0 atom stereocenters. The number of hydrogen-bond acceptors (Lipinski definition) is 1. The highest BCUT2D eigenvalue weighted by atomic mass is 79.9. The van der Waals surface area contributed by atoms with Gasteiger partial charge in [-0.2, -0.15) is 0 Å². The minimum atomic E-state index is 0.734. The maximum atomic E-state index is 3.53. The Balaban J connectivity index is 1.74. The first-order valence-electron chi connectivity index (χ1n) is 8.34. The molecule has 0 N–H and O–H groups in total. The Hall–Kier alpha value is -1.12. The predicted octanol–water partition coefficient (Wildman–Crippen LogP) is 5.78. The Morgan fingerprint density at radius 1 is 0.773 bits per heavy atom. The van der Waals surface area contributed by atoms with Gasteiger partial charge in [0.1, 0.15) is 0 Å². The van der Waals surface area contributed by atoms with Crippen molar-refractivity contribution >= 4 is 15.9 Å². The summed E-state index contributed by atoms with van der Waals surface area (Å²) in [5, 5.41) is 0. The van der Waals surface area contributed by atoms with E-state index in [1.807, 2.05) is 0 Å². The van der Waals surface area contributed by atoms with E-state index in [1.165, 1.54) is 43.2 Å². The molecule has 1 aliphatic rings. The van der Waals surface area contributed by atoms with Gasteiger partial charge in [0.2, 0.25) is 0 Å². The van der Waals surface area contributed by atoms with E-state index in [1.54, 1.807) is 0 Å². The van der Waals surface area contributed by atoms with Crippen LogP contribution in [-0.2, 0) is 13.1 Å². The van der Waals surface area contributed by atoms with E-state index in [0.29, 0.717) is 0 Å². The van der Waals surface area contributed by atoms with Gasteiger partial charge >= 0.3 is 0 Å². The molecule has 3 rings (SSSR count). The van der Waals surface area contributed by atoms with Crippen LogP contribution in [0.3, 0.4) is 0 Å². The van der Waals surface area contributed by atoms with Crippen LogP contribution in [0.15, 0.2) is 59.1 Å². The number of benzene rings is 2. The lowest BCUT2D eigenvalue weighted by Crippen LogP contribution is -2.35. The van der Waals surface area contributed by atoms with Gasteiger partial charge in [-0.25, -0.2) is 0 Å². The third-order valence-corrected chi connectivity index (χ3v) is 5.15. The molecule has 0 radical (unpaired) electrons. The normalized spacial score (nSPS) is 16.1. The Labute approximate surface area is 142 Å². The molecule has 0 aromatic heterocycles. The van der Waals surface area contributed by atoms with Crippen LogP contribution in [0.25, 0.3) is 0 Å². The number of halogens is 1. The zero-order valence-electron chi connectivity index (χ0n) is 13.0. The Kier molecular flexibility index (Phi) is 5.69. The van der Waals surface area contributed by atoms with Crippen molar-refractivity contribution < 1.29 is 0 Å². The molecule has 1 nitrogen and oxygen atoms in total. The number of hydrogen-bond donors (Lipinski definition) is 0. The number of rotatable bonds is 5. The van der Waals surface area contributed by atoms with Crippen molar-refractivity contribution in [2.75, 3.05) is 0 Å². The molecule has 2 aromatic carbocycles. The second-order valence-corrected chi connectivity index (χ2v) is 7.22. The lowest BCUT2D eigenvalue weighted by molar-refractivity contribution is 0.140. The molecule has 0 spiro atoms. The smallest absolute Gasteiger partial charge is 0.0240 e. The fraction of sp³-hybridized carbons (Fsp3) is 0.400. The van der Waals surface area contributed by atoms with Gasteiger partial charge in [0.15, 0.2) is 0 Å². The van der Waals surface area contributed by atoms with Crippen LogP contribution in [0.4, 0.5) is 0 Å². The molecule has 0 amide bonds. The lowest BCUT2D eigenvalue weighted by Gasteiger charge is -2.34. The zero-order valence-corrected chi connectivity index (χ0v) is 14.6. The van der Waals surface area contributed by atoms with E-state index in [-0.39, 0.29) is 0 Å². The molecular formula is C20H24BrN. The van der Waals surface area contributed by atoms with Gasteiger partial charge in [-0.3, -0.25) is 4.90 Å². The van der Waals surface area contributed by atoms with Crippen molar-refractivity contribution in [1.82, 2.24) is 4.90 Å². The maximum absolute atomic E-state index is 3.53. The van der Waals surface area contributed by atoms with Crippen molar-refractivity contribution in [2.45, 2.75) is 51.2 Å². The van der Waals surface area contributed by atoms with Gasteiger partial charge in [-0.1, -0.05) is 77.7 Å². The first-order chi connectivity index (χ1) is 10.8. The molecule has 22 heavy (non-hydrogen) atoms. The van der Waals surface area contributed by atoms with Crippen molar-refractivity contribution in [3.8, 4) is 0 Å². The van der Waals surface area contributed by atoms with Crippen molar-refractivity contribution in [1.29, 1.82) is 0 Å². The topological polar surface area (TPSA) is 3.24 Å². The van der Waals surface area contributed by atoms with Crippen LogP contribution in [0, 0.1) is 0 Å². The monoisotopic (exact) mass is 357 g/mol. The van der Waals surface area contributed by atoms with Crippen molar-refractivity contribution in [3.05, 3.63) is 70.2 Å². The van der Waals surface area contributed by atoms with Crippen LogP contribution in [0.5, 0.6) is 0 Å². The van der Waals surface area contributed by atoms with Crippen LogP contribution >= 0.6 is 15.9 Å². The molecule has 116 valence electrons. The van der Waals surface area contributed by atoms with Crippen LogP contribution in [0.1, 0.15) is 43.2 Å². The summed E-state index contributed by atoms with van der Waals surface area (Å²) < 4.78 is 1.16. The highest BCUT2D eigenvalue weighted by Gasteiger charge is 2.21. The molecule has 1 aliphatic carbocycles. The first kappa shape index (κ1) is 15.8. The zero-order chi connectivity index (χ0) is 15.2. The largest absolute Gasteiger partial charge is 0.292 e. The summed E-state index contributed by atoms with van der Waals surface area (Å²) in [6, 6.07) is 20.4. The summed E-state index contributed by atoms with van der Waals surface area (Å²) in [5.41, 5.74) is 2.83. The Morgan fingerprint density at radius 2 is 1.36 bits per heavy atom. The summed E-state index contributed by atoms with van der Waals surface area (Å²) in [4.78, 5) is 2.68. The number of nitrogens with zero attached hydrogens (tertiary/aromatic N) is 1. The SMILES string of the molecule is Brc1ccc(CN(Cc2ccccc2)C2CCCCC2)cc1. The summed E-state index contributed by atoms with van der Waals surface area (Å²) in [6.45, 7) is 2.11. The van der Waals surface area contributed by atoms with E-state index in [4.69, 9.17) is 0 Å². The molecular weight excluding hydrogens is 334 g/mol. The molecule has 2 aromatic rings. The van der Waals surface area contributed by atoms with E-state index in [2.05, 4.69) is 75.4 Å². The van der Waals surface area contributed by atoms with Crippen LogP contribution in [-0.4, -0.2) is 10.9 Å². The van der Waals surface area contributed by atoms with Gasteiger partial charge in [0, 0.05) is 23.6 Å². The molecule has 1 saturated carbocycles. The minimum absolute atomic E-state index is 0.734. The Morgan fingerprint density at radius 3 is 2.00 bits per heavy atom. The summed E-state index contributed by atoms with van der Waals surface area (Å²) in [7, 11) is 0. The van der Waals surface area contributed by atoms with Crippen LogP contribution < -0.4 is 0 Å². The summed E-state index contributed by atoms with van der Waals surface area (Å²) >= 11 is 3.53. The van der Waals surface area contributed by atoms with Gasteiger partial charge in [-0.05, 0) is 36.1 Å². The van der Waals surface area contributed by atoms with E-state index < -0.39 is 0 Å². The van der Waals surface area contributed by atoms with Crippen LogP contribution in [0.2, 0.25) is 0 Å². The second-order valence-electron chi connectivity index (χ2n) is 6.31. The average Bonchev–Trinajstić information content (AvgIpc) is 2.58. The molecule has 0 bridgehead atoms. The minimum Gasteiger partial charge on any atom is -0.292 e. The quantitative estimate of drug-likeness (QED) is 0.654. The predicted molar refractivity (Wildman–Crippen MR) is 96.7 cm³/mol. The van der Waals surface area contributed by atoms with Gasteiger partial charge < -0.3 is 0 Å². The Bertz CT molecular complexity index is 558. The molecule has 2 heteroatoms. The van der Waals surface area contributed by atoms with E-state index >= 15 is 0 Å². The lowest BCUT2D eigenvalue weighted by atomic mass is 9.93. The fourth-order valence-corrected chi connectivity index (χ4v) is 3.67. The highest BCUT2D eigenvalue weighted by Crippen LogP contribution is 2.26. The second kappa shape index (κ2) is 7.94. The van der Waals surface area contributed by atoms with Gasteiger partial charge in [0.05, 0.1) is 0 Å². The van der Waals surface area contributed by atoms with Gasteiger partial charge in [-0.15, -0.1) is 0 Å². The molecule has 0 saturated heterocycles. The van der Waals surface area contributed by atoms with E-state index in [9.17, 15) is 0 Å². The first-order valence-corrected chi connectivity index (χ1v) is 9.13. The third-order valence-electron chi connectivity index (χ3n) is 4.62. The van der Waals surface area contributed by atoms with Crippen molar-refractivity contribution in [3.63, 3.8) is 0 Å². The maximum Gasteiger partial charge on any atom is 0.0240 e. The molecule has 1 fully saturated rings. The van der Waals surface area contributed by atoms with E-state index in [0.717, 1.165) is 23.6 Å². The van der Waals surface area contributed by atoms with Crippen molar-refractivity contribution in [2.24, 2.45) is 0 Å². The third kappa shape index (κ3) is 4.44. The average molecular weight is 358 g/mol. The fourth-order valence-electron chi connectivity index (χ4n) is 3.40. The molecule has 0 unspecified atom stereocenters.